The third-order valence-corrected chi connectivity index (χ3v) is 4.81. The number of hydrogen-bond donors (Lipinski definition) is 1. The van der Waals surface area contributed by atoms with Crippen molar-refractivity contribution in [3.05, 3.63) is 59.7 Å². The van der Waals surface area contributed by atoms with Crippen LogP contribution in [0.4, 0.5) is 14.5 Å². The van der Waals surface area contributed by atoms with Gasteiger partial charge in [0, 0.05) is 31.4 Å². The van der Waals surface area contributed by atoms with Crippen LogP contribution in [0.5, 0.6) is 0 Å². The number of benzene rings is 2. The van der Waals surface area contributed by atoms with E-state index in [0.717, 1.165) is 16.4 Å². The molecular weight excluding hydrogens is 326 g/mol. The number of hydrogen-bond acceptors (Lipinski definition) is 3. The van der Waals surface area contributed by atoms with Crippen LogP contribution in [0, 0.1) is 11.6 Å². The molecule has 0 unspecified atom stereocenters. The molecule has 0 atom stereocenters. The van der Waals surface area contributed by atoms with Crippen molar-refractivity contribution in [3.8, 4) is 0 Å². The zero-order valence-electron chi connectivity index (χ0n) is 12.4. The SMILES string of the molecule is CN(C)S(=O)(=O)c1cccc(C(=O)Nc2cc(F)cc(F)c2)c1. The van der Waals surface area contributed by atoms with Gasteiger partial charge in [-0.2, -0.15) is 0 Å². The van der Waals surface area contributed by atoms with E-state index in [0.29, 0.717) is 6.07 Å². The number of sulfonamides is 1. The fourth-order valence-corrected chi connectivity index (χ4v) is 2.79. The Hall–Kier alpha value is -2.32. The van der Waals surface area contributed by atoms with Crippen LogP contribution < -0.4 is 5.32 Å². The Morgan fingerprint density at radius 1 is 1.04 bits per heavy atom. The van der Waals surface area contributed by atoms with Crippen LogP contribution in [0.1, 0.15) is 10.4 Å². The Labute approximate surface area is 132 Å². The molecule has 0 spiro atoms. The Morgan fingerprint density at radius 2 is 1.65 bits per heavy atom. The molecule has 0 heterocycles. The van der Waals surface area contributed by atoms with E-state index in [4.69, 9.17) is 0 Å². The zero-order valence-corrected chi connectivity index (χ0v) is 13.2. The van der Waals surface area contributed by atoms with E-state index >= 15 is 0 Å². The molecule has 2 rings (SSSR count). The number of nitrogens with zero attached hydrogens (tertiary/aromatic N) is 1. The molecule has 23 heavy (non-hydrogen) atoms. The Morgan fingerprint density at radius 3 is 2.22 bits per heavy atom. The smallest absolute Gasteiger partial charge is 0.255 e. The number of carbonyl (C=O) groups excluding carboxylic acids is 1. The summed E-state index contributed by atoms with van der Waals surface area (Å²) in [7, 11) is -0.941. The molecule has 5 nitrogen and oxygen atoms in total. The first-order valence-corrected chi connectivity index (χ1v) is 7.94. The average Bonchev–Trinajstić information content (AvgIpc) is 2.46. The molecule has 1 amide bonds. The number of amides is 1. The lowest BCUT2D eigenvalue weighted by atomic mass is 10.2. The number of nitrogens with one attached hydrogen (secondary N) is 1. The minimum atomic E-state index is -3.69. The average molecular weight is 340 g/mol. The molecule has 0 saturated heterocycles. The van der Waals surface area contributed by atoms with Crippen LogP contribution >= 0.6 is 0 Å². The normalized spacial score (nSPS) is 11.5. The van der Waals surface area contributed by atoms with Gasteiger partial charge in [0.2, 0.25) is 10.0 Å². The van der Waals surface area contributed by atoms with Gasteiger partial charge in [-0.25, -0.2) is 21.5 Å². The summed E-state index contributed by atoms with van der Waals surface area (Å²) in [5, 5.41) is 2.32. The summed E-state index contributed by atoms with van der Waals surface area (Å²) >= 11 is 0. The van der Waals surface area contributed by atoms with Crippen molar-refractivity contribution in [1.82, 2.24) is 4.31 Å². The summed E-state index contributed by atoms with van der Waals surface area (Å²) in [6.45, 7) is 0. The molecule has 0 saturated carbocycles. The van der Waals surface area contributed by atoms with Crippen LogP contribution in [0.3, 0.4) is 0 Å². The van der Waals surface area contributed by atoms with Crippen molar-refractivity contribution in [2.45, 2.75) is 4.90 Å². The van der Waals surface area contributed by atoms with E-state index in [1.807, 2.05) is 0 Å². The first kappa shape index (κ1) is 17.0. The van der Waals surface area contributed by atoms with Crippen molar-refractivity contribution >= 4 is 21.6 Å². The molecule has 0 fully saturated rings. The topological polar surface area (TPSA) is 66.5 Å². The molecule has 2 aromatic carbocycles. The Balaban J connectivity index is 2.30. The summed E-state index contributed by atoms with van der Waals surface area (Å²) in [4.78, 5) is 12.1. The van der Waals surface area contributed by atoms with Gasteiger partial charge in [-0.05, 0) is 30.3 Å². The number of rotatable bonds is 4. The molecule has 0 aliphatic rings. The lowest BCUT2D eigenvalue weighted by molar-refractivity contribution is 0.102. The molecule has 8 heteroatoms. The lowest BCUT2D eigenvalue weighted by Crippen LogP contribution is -2.22. The van der Waals surface area contributed by atoms with Gasteiger partial charge in [0.15, 0.2) is 0 Å². The Kier molecular flexibility index (Phi) is 4.76. The van der Waals surface area contributed by atoms with Gasteiger partial charge in [0.25, 0.3) is 5.91 Å². The minimum absolute atomic E-state index is 0.0533. The van der Waals surface area contributed by atoms with E-state index < -0.39 is 27.6 Å². The first-order valence-electron chi connectivity index (χ1n) is 6.50. The van der Waals surface area contributed by atoms with Gasteiger partial charge in [0.1, 0.15) is 11.6 Å². The van der Waals surface area contributed by atoms with Gasteiger partial charge in [0.05, 0.1) is 4.90 Å². The van der Waals surface area contributed by atoms with E-state index in [1.165, 1.54) is 38.4 Å². The van der Waals surface area contributed by atoms with Crippen molar-refractivity contribution in [3.63, 3.8) is 0 Å². The van der Waals surface area contributed by atoms with Crippen molar-refractivity contribution < 1.29 is 22.0 Å². The number of halogens is 2. The summed E-state index contributed by atoms with van der Waals surface area (Å²) < 4.78 is 51.3. The highest BCUT2D eigenvalue weighted by molar-refractivity contribution is 7.89. The van der Waals surface area contributed by atoms with E-state index in [1.54, 1.807) is 0 Å². The van der Waals surface area contributed by atoms with Crippen LogP contribution in [-0.4, -0.2) is 32.7 Å². The van der Waals surface area contributed by atoms with Gasteiger partial charge in [-0.1, -0.05) is 6.07 Å². The number of carbonyl (C=O) groups is 1. The molecular formula is C15H14F2N2O3S. The quantitative estimate of drug-likeness (QED) is 0.930. The maximum absolute atomic E-state index is 13.1. The summed E-state index contributed by atoms with van der Waals surface area (Å²) in [6.07, 6.45) is 0. The van der Waals surface area contributed by atoms with Crippen LogP contribution in [0.2, 0.25) is 0 Å². The molecule has 122 valence electrons. The molecule has 0 bridgehead atoms. The second kappa shape index (κ2) is 6.43. The third kappa shape index (κ3) is 3.91. The number of anilines is 1. The standard InChI is InChI=1S/C15H14F2N2O3S/c1-19(2)23(21,22)14-5-3-4-10(6-14)15(20)18-13-8-11(16)7-12(17)9-13/h3-9H,1-2H3,(H,18,20). The van der Waals surface area contributed by atoms with Crippen molar-refractivity contribution in [2.75, 3.05) is 19.4 Å². The molecule has 0 aliphatic heterocycles. The maximum atomic E-state index is 13.1. The molecule has 0 aromatic heterocycles. The highest BCUT2D eigenvalue weighted by Gasteiger charge is 2.18. The summed E-state index contributed by atoms with van der Waals surface area (Å²) in [6, 6.07) is 7.97. The van der Waals surface area contributed by atoms with E-state index in [2.05, 4.69) is 5.32 Å². The Bertz CT molecular complexity index is 831. The summed E-state index contributed by atoms with van der Waals surface area (Å²) in [5.41, 5.74) is -0.00837. The molecule has 1 N–H and O–H groups in total. The zero-order chi connectivity index (χ0) is 17.2. The second-order valence-corrected chi connectivity index (χ2v) is 7.08. The fraction of sp³-hybridized carbons (Fsp3) is 0.133. The second-order valence-electron chi connectivity index (χ2n) is 4.93. The summed E-state index contributed by atoms with van der Waals surface area (Å²) in [5.74, 6) is -2.33. The predicted molar refractivity (Wildman–Crippen MR) is 81.6 cm³/mol. The predicted octanol–water partition coefficient (Wildman–Crippen LogP) is 2.47. The fourth-order valence-electron chi connectivity index (χ4n) is 1.84. The van der Waals surface area contributed by atoms with Crippen molar-refractivity contribution in [2.24, 2.45) is 0 Å². The highest BCUT2D eigenvalue weighted by Crippen LogP contribution is 2.17. The van der Waals surface area contributed by atoms with Crippen LogP contribution in [-0.2, 0) is 10.0 Å². The largest absolute Gasteiger partial charge is 0.322 e. The van der Waals surface area contributed by atoms with Gasteiger partial charge < -0.3 is 5.32 Å². The maximum Gasteiger partial charge on any atom is 0.255 e. The van der Waals surface area contributed by atoms with E-state index in [-0.39, 0.29) is 16.1 Å². The van der Waals surface area contributed by atoms with Gasteiger partial charge >= 0.3 is 0 Å². The monoisotopic (exact) mass is 340 g/mol. The first-order chi connectivity index (χ1) is 10.7. The van der Waals surface area contributed by atoms with Gasteiger partial charge in [-0.3, -0.25) is 4.79 Å². The minimum Gasteiger partial charge on any atom is -0.322 e. The lowest BCUT2D eigenvalue weighted by Gasteiger charge is -2.12. The van der Waals surface area contributed by atoms with Crippen LogP contribution in [0.15, 0.2) is 47.4 Å². The molecule has 0 aliphatic carbocycles. The molecule has 2 aromatic rings. The molecule has 0 radical (unpaired) electrons. The van der Waals surface area contributed by atoms with Gasteiger partial charge in [-0.15, -0.1) is 0 Å². The van der Waals surface area contributed by atoms with Crippen molar-refractivity contribution in [1.29, 1.82) is 0 Å². The third-order valence-electron chi connectivity index (χ3n) is 3.00. The highest BCUT2D eigenvalue weighted by atomic mass is 32.2. The van der Waals surface area contributed by atoms with E-state index in [9.17, 15) is 22.0 Å². The van der Waals surface area contributed by atoms with Crippen LogP contribution in [0.25, 0.3) is 0 Å².